The van der Waals surface area contributed by atoms with Gasteiger partial charge in [-0.3, -0.25) is 0 Å². The average Bonchev–Trinajstić information content (AvgIpc) is 2.52. The van der Waals surface area contributed by atoms with Crippen molar-refractivity contribution in [2.45, 2.75) is 64.0 Å². The first-order valence-electron chi connectivity index (χ1n) is 8.27. The lowest BCUT2D eigenvalue weighted by Gasteiger charge is -2.29. The van der Waals surface area contributed by atoms with Crippen molar-refractivity contribution in [3.8, 4) is 0 Å². The molecular weight excluding hydrogens is 246 g/mol. The fourth-order valence-electron chi connectivity index (χ4n) is 2.95. The third kappa shape index (κ3) is 5.64. The molecule has 1 aromatic rings. The van der Waals surface area contributed by atoms with Gasteiger partial charge in [0.1, 0.15) is 0 Å². The predicted molar refractivity (Wildman–Crippen MR) is 85.1 cm³/mol. The van der Waals surface area contributed by atoms with Gasteiger partial charge in [-0.15, -0.1) is 0 Å². The summed E-state index contributed by atoms with van der Waals surface area (Å²) in [5.74, 6) is 0. The van der Waals surface area contributed by atoms with E-state index in [2.05, 4.69) is 42.6 Å². The van der Waals surface area contributed by atoms with Crippen LogP contribution in [0.4, 0.5) is 0 Å². The first kappa shape index (κ1) is 15.5. The lowest BCUT2D eigenvalue weighted by Crippen LogP contribution is -2.35. The first-order valence-corrected chi connectivity index (χ1v) is 8.27. The van der Waals surface area contributed by atoms with E-state index in [9.17, 15) is 0 Å². The molecule has 0 aromatic heterocycles. The van der Waals surface area contributed by atoms with E-state index < -0.39 is 0 Å². The molecule has 0 amide bonds. The second-order valence-electron chi connectivity index (χ2n) is 5.89. The van der Waals surface area contributed by atoms with Gasteiger partial charge in [0.25, 0.3) is 0 Å². The highest BCUT2D eigenvalue weighted by Gasteiger charge is 2.20. The van der Waals surface area contributed by atoms with E-state index in [0.29, 0.717) is 6.10 Å². The third-order valence-electron chi connectivity index (χ3n) is 4.16. The van der Waals surface area contributed by atoms with Crippen LogP contribution in [0.5, 0.6) is 0 Å². The minimum Gasteiger partial charge on any atom is -0.378 e. The van der Waals surface area contributed by atoms with Crippen molar-refractivity contribution in [2.75, 3.05) is 13.2 Å². The Morgan fingerprint density at radius 3 is 2.55 bits per heavy atom. The molecule has 1 fully saturated rings. The second kappa shape index (κ2) is 9.15. The van der Waals surface area contributed by atoms with Gasteiger partial charge in [0, 0.05) is 12.6 Å². The summed E-state index contributed by atoms with van der Waals surface area (Å²) in [6.45, 7) is 4.30. The first-order chi connectivity index (χ1) is 9.88. The Labute approximate surface area is 123 Å². The zero-order valence-corrected chi connectivity index (χ0v) is 12.8. The maximum absolute atomic E-state index is 6.03. The van der Waals surface area contributed by atoms with Crippen molar-refractivity contribution in [1.29, 1.82) is 0 Å². The van der Waals surface area contributed by atoms with E-state index in [1.165, 1.54) is 37.7 Å². The summed E-state index contributed by atoms with van der Waals surface area (Å²) in [5, 5.41) is 3.63. The summed E-state index contributed by atoms with van der Waals surface area (Å²) >= 11 is 0. The Hall–Kier alpha value is -0.860. The molecule has 0 bridgehead atoms. The van der Waals surface area contributed by atoms with E-state index in [-0.39, 0.29) is 0 Å². The molecule has 0 unspecified atom stereocenters. The number of aryl methyl sites for hydroxylation is 1. The smallest absolute Gasteiger partial charge is 0.0576 e. The summed E-state index contributed by atoms with van der Waals surface area (Å²) in [6, 6.07) is 11.4. The van der Waals surface area contributed by atoms with Gasteiger partial charge in [-0.2, -0.15) is 0 Å². The third-order valence-corrected chi connectivity index (χ3v) is 4.16. The molecule has 0 aliphatic heterocycles. The Bertz CT molecular complexity index is 344. The molecule has 0 spiro atoms. The largest absolute Gasteiger partial charge is 0.378 e. The van der Waals surface area contributed by atoms with Crippen LogP contribution in [0.25, 0.3) is 0 Å². The molecule has 1 aliphatic rings. The maximum atomic E-state index is 6.03. The van der Waals surface area contributed by atoms with Gasteiger partial charge in [0.2, 0.25) is 0 Å². The van der Waals surface area contributed by atoms with Gasteiger partial charge >= 0.3 is 0 Å². The molecule has 0 atom stereocenters. The SMILES string of the molecule is CCCNC1CCC(OCCCc2ccccc2)CC1. The lowest BCUT2D eigenvalue weighted by atomic mass is 9.93. The molecule has 112 valence electrons. The Kier molecular flexibility index (Phi) is 7.10. The molecule has 1 N–H and O–H groups in total. The van der Waals surface area contributed by atoms with Gasteiger partial charge in [0.15, 0.2) is 0 Å². The van der Waals surface area contributed by atoms with Gasteiger partial charge in [0.05, 0.1) is 6.10 Å². The van der Waals surface area contributed by atoms with Crippen LogP contribution in [0.1, 0.15) is 51.0 Å². The predicted octanol–water partition coefficient (Wildman–Crippen LogP) is 3.95. The topological polar surface area (TPSA) is 21.3 Å². The molecule has 0 radical (unpaired) electrons. The van der Waals surface area contributed by atoms with Crippen LogP contribution < -0.4 is 5.32 Å². The van der Waals surface area contributed by atoms with Crippen molar-refractivity contribution in [1.82, 2.24) is 5.32 Å². The fraction of sp³-hybridized carbons (Fsp3) is 0.667. The van der Waals surface area contributed by atoms with Crippen LogP contribution in [0.15, 0.2) is 30.3 Å². The van der Waals surface area contributed by atoms with Gasteiger partial charge in [-0.25, -0.2) is 0 Å². The number of hydrogen-bond acceptors (Lipinski definition) is 2. The molecule has 0 saturated heterocycles. The molecule has 1 aliphatic carbocycles. The zero-order valence-electron chi connectivity index (χ0n) is 12.8. The molecule has 2 nitrogen and oxygen atoms in total. The summed E-state index contributed by atoms with van der Waals surface area (Å²) in [6.07, 6.45) is 9.03. The van der Waals surface area contributed by atoms with Crippen molar-refractivity contribution >= 4 is 0 Å². The van der Waals surface area contributed by atoms with Crippen LogP contribution in [0, 0.1) is 0 Å². The minimum absolute atomic E-state index is 0.505. The van der Waals surface area contributed by atoms with Crippen LogP contribution in [0.2, 0.25) is 0 Å². The molecule has 0 heterocycles. The van der Waals surface area contributed by atoms with Crippen molar-refractivity contribution in [3.05, 3.63) is 35.9 Å². The molecule has 1 saturated carbocycles. The average molecular weight is 275 g/mol. The van der Waals surface area contributed by atoms with Crippen molar-refractivity contribution < 1.29 is 4.74 Å². The number of benzene rings is 1. The van der Waals surface area contributed by atoms with Gasteiger partial charge < -0.3 is 10.1 Å². The highest BCUT2D eigenvalue weighted by Crippen LogP contribution is 2.21. The minimum atomic E-state index is 0.505. The summed E-state index contributed by atoms with van der Waals surface area (Å²) < 4.78 is 6.03. The Morgan fingerprint density at radius 1 is 1.10 bits per heavy atom. The van der Waals surface area contributed by atoms with Crippen LogP contribution >= 0.6 is 0 Å². The Balaban J connectivity index is 1.53. The normalized spacial score (nSPS) is 22.9. The number of nitrogens with one attached hydrogen (secondary N) is 1. The molecule has 2 heteroatoms. The van der Waals surface area contributed by atoms with E-state index >= 15 is 0 Å². The quantitative estimate of drug-likeness (QED) is 0.725. The Morgan fingerprint density at radius 2 is 1.85 bits per heavy atom. The second-order valence-corrected chi connectivity index (χ2v) is 5.89. The summed E-state index contributed by atoms with van der Waals surface area (Å²) in [7, 11) is 0. The monoisotopic (exact) mass is 275 g/mol. The van der Waals surface area contributed by atoms with Crippen molar-refractivity contribution in [2.24, 2.45) is 0 Å². The summed E-state index contributed by atoms with van der Waals surface area (Å²) in [4.78, 5) is 0. The van der Waals surface area contributed by atoms with Crippen LogP contribution in [-0.2, 0) is 11.2 Å². The van der Waals surface area contributed by atoms with Crippen LogP contribution in [-0.4, -0.2) is 25.3 Å². The fourth-order valence-corrected chi connectivity index (χ4v) is 2.95. The highest BCUT2D eigenvalue weighted by atomic mass is 16.5. The number of rotatable bonds is 8. The van der Waals surface area contributed by atoms with E-state index in [1.807, 2.05) is 0 Å². The summed E-state index contributed by atoms with van der Waals surface area (Å²) in [5.41, 5.74) is 1.42. The molecule has 1 aromatic carbocycles. The van der Waals surface area contributed by atoms with Gasteiger partial charge in [-0.05, 0) is 57.1 Å². The standard InChI is InChI=1S/C18H29NO/c1-2-14-19-17-10-12-18(13-11-17)20-15-6-9-16-7-4-3-5-8-16/h3-5,7-8,17-19H,2,6,9-15H2,1H3. The number of hydrogen-bond donors (Lipinski definition) is 1. The maximum Gasteiger partial charge on any atom is 0.0576 e. The van der Waals surface area contributed by atoms with Crippen LogP contribution in [0.3, 0.4) is 0 Å². The van der Waals surface area contributed by atoms with E-state index in [0.717, 1.165) is 32.0 Å². The molecule has 20 heavy (non-hydrogen) atoms. The highest BCUT2D eigenvalue weighted by molar-refractivity contribution is 5.14. The van der Waals surface area contributed by atoms with E-state index in [4.69, 9.17) is 4.74 Å². The molecular formula is C18H29NO. The zero-order chi connectivity index (χ0) is 14.0. The lowest BCUT2D eigenvalue weighted by molar-refractivity contribution is 0.0214. The number of ether oxygens (including phenoxy) is 1. The van der Waals surface area contributed by atoms with E-state index in [1.54, 1.807) is 0 Å². The van der Waals surface area contributed by atoms with Gasteiger partial charge in [-0.1, -0.05) is 37.3 Å². The van der Waals surface area contributed by atoms with Crippen molar-refractivity contribution in [3.63, 3.8) is 0 Å². The molecule has 2 rings (SSSR count).